The number of hydrogen-bond donors (Lipinski definition) is 0. The minimum atomic E-state index is 0.702. The summed E-state index contributed by atoms with van der Waals surface area (Å²) in [6.07, 6.45) is 3.23. The molecule has 2 atom stereocenters. The molecular weight excluding hydrogens is 278 g/mol. The number of fused-ring (bicyclic) bond motifs is 1. The van der Waals surface area contributed by atoms with Crippen molar-refractivity contribution in [2.45, 2.75) is 25.9 Å². The number of nitrogens with zero attached hydrogens (tertiary/aromatic N) is 3. The minimum absolute atomic E-state index is 0.702. The van der Waals surface area contributed by atoms with Crippen LogP contribution in [-0.2, 0) is 6.54 Å². The van der Waals surface area contributed by atoms with Crippen LogP contribution in [0.2, 0.25) is 0 Å². The zero-order chi connectivity index (χ0) is 14.2. The third kappa shape index (κ3) is 2.47. The zero-order valence-electron chi connectivity index (χ0n) is 12.4. The molecule has 2 aromatic heterocycles. The van der Waals surface area contributed by atoms with Crippen molar-refractivity contribution in [1.29, 1.82) is 0 Å². The Morgan fingerprint density at radius 3 is 3.00 bits per heavy atom. The van der Waals surface area contributed by atoms with Crippen LogP contribution in [0.3, 0.4) is 0 Å². The largest absolute Gasteiger partial charge is 0.355 e. The highest BCUT2D eigenvalue weighted by molar-refractivity contribution is 7.10. The summed E-state index contributed by atoms with van der Waals surface area (Å²) >= 11 is 1.90. The number of pyridine rings is 1. The van der Waals surface area contributed by atoms with Crippen LogP contribution < -0.4 is 4.90 Å². The van der Waals surface area contributed by atoms with Gasteiger partial charge in [0.25, 0.3) is 0 Å². The highest BCUT2D eigenvalue weighted by atomic mass is 32.1. The Balaban J connectivity index is 1.47. The lowest BCUT2D eigenvalue weighted by atomic mass is 10.1. The molecule has 2 fully saturated rings. The van der Waals surface area contributed by atoms with Gasteiger partial charge >= 0.3 is 0 Å². The fourth-order valence-electron chi connectivity index (χ4n) is 3.72. The van der Waals surface area contributed by atoms with E-state index in [-0.39, 0.29) is 0 Å². The van der Waals surface area contributed by atoms with E-state index in [0.717, 1.165) is 24.8 Å². The van der Waals surface area contributed by atoms with Crippen LogP contribution >= 0.6 is 11.3 Å². The Morgan fingerprint density at radius 2 is 2.24 bits per heavy atom. The highest BCUT2D eigenvalue weighted by Crippen LogP contribution is 2.35. The first-order valence-corrected chi connectivity index (χ1v) is 8.62. The topological polar surface area (TPSA) is 19.4 Å². The summed E-state index contributed by atoms with van der Waals surface area (Å²) in [6, 6.07) is 9.15. The van der Waals surface area contributed by atoms with E-state index < -0.39 is 0 Å². The van der Waals surface area contributed by atoms with E-state index in [0.29, 0.717) is 6.04 Å². The van der Waals surface area contributed by atoms with Crippen molar-refractivity contribution in [3.63, 3.8) is 0 Å². The van der Waals surface area contributed by atoms with E-state index >= 15 is 0 Å². The van der Waals surface area contributed by atoms with E-state index in [2.05, 4.69) is 45.3 Å². The molecule has 0 radical (unpaired) electrons. The summed E-state index contributed by atoms with van der Waals surface area (Å²) in [4.78, 5) is 11.2. The monoisotopic (exact) mass is 299 g/mol. The molecule has 0 spiro atoms. The van der Waals surface area contributed by atoms with Gasteiger partial charge in [0.2, 0.25) is 0 Å². The number of aromatic nitrogens is 1. The van der Waals surface area contributed by atoms with Crippen molar-refractivity contribution in [2.24, 2.45) is 5.92 Å². The van der Waals surface area contributed by atoms with E-state index in [1.807, 2.05) is 23.6 Å². The number of aryl methyl sites for hydroxylation is 1. The number of likely N-dealkylation sites (tertiary alicyclic amines) is 1. The Hall–Kier alpha value is -1.39. The second kappa shape index (κ2) is 5.43. The van der Waals surface area contributed by atoms with Crippen LogP contribution in [-0.4, -0.2) is 35.6 Å². The summed E-state index contributed by atoms with van der Waals surface area (Å²) < 4.78 is 0. The van der Waals surface area contributed by atoms with Crippen molar-refractivity contribution in [2.75, 3.05) is 24.5 Å². The summed E-state index contributed by atoms with van der Waals surface area (Å²) in [6.45, 7) is 6.91. The Labute approximate surface area is 130 Å². The highest BCUT2D eigenvalue weighted by Gasteiger charge is 2.41. The minimum Gasteiger partial charge on any atom is -0.355 e. The predicted octanol–water partition coefficient (Wildman–Crippen LogP) is 3.16. The molecule has 21 heavy (non-hydrogen) atoms. The molecule has 0 aromatic carbocycles. The first-order valence-electron chi connectivity index (χ1n) is 7.74. The number of rotatable bonds is 3. The zero-order valence-corrected chi connectivity index (χ0v) is 13.2. The Kier molecular flexibility index (Phi) is 3.43. The Bertz CT molecular complexity index is 610. The molecule has 0 aliphatic carbocycles. The number of anilines is 1. The van der Waals surface area contributed by atoms with Crippen LogP contribution in [0.5, 0.6) is 0 Å². The van der Waals surface area contributed by atoms with Gasteiger partial charge in [0.05, 0.1) is 0 Å². The molecule has 2 saturated heterocycles. The number of hydrogen-bond acceptors (Lipinski definition) is 4. The maximum atomic E-state index is 4.51. The maximum Gasteiger partial charge on any atom is 0.128 e. The molecule has 2 unspecified atom stereocenters. The first-order chi connectivity index (χ1) is 10.3. The molecule has 2 aliphatic rings. The van der Waals surface area contributed by atoms with Crippen LogP contribution in [0, 0.1) is 12.8 Å². The third-order valence-electron chi connectivity index (χ3n) is 4.95. The van der Waals surface area contributed by atoms with Gasteiger partial charge < -0.3 is 4.90 Å². The first kappa shape index (κ1) is 13.3. The van der Waals surface area contributed by atoms with Crippen LogP contribution in [0.25, 0.3) is 0 Å². The van der Waals surface area contributed by atoms with E-state index in [1.165, 1.54) is 30.0 Å². The molecule has 110 valence electrons. The summed E-state index contributed by atoms with van der Waals surface area (Å²) in [5.41, 5.74) is 1.45. The predicted molar refractivity (Wildman–Crippen MR) is 87.8 cm³/mol. The summed E-state index contributed by atoms with van der Waals surface area (Å²) in [7, 11) is 0. The number of thiophene rings is 1. The van der Waals surface area contributed by atoms with Gasteiger partial charge in [0.1, 0.15) is 5.82 Å². The molecular formula is C17H21N3S. The van der Waals surface area contributed by atoms with Gasteiger partial charge in [-0.15, -0.1) is 11.3 Å². The molecule has 4 rings (SSSR count). The van der Waals surface area contributed by atoms with Gasteiger partial charge in [0.15, 0.2) is 0 Å². The lowest BCUT2D eigenvalue weighted by Crippen LogP contribution is -2.34. The van der Waals surface area contributed by atoms with Crippen molar-refractivity contribution in [3.8, 4) is 0 Å². The SMILES string of the molecule is Cc1ccsc1CN1CCC2CN(c3ccccn3)CC21. The molecule has 0 N–H and O–H groups in total. The van der Waals surface area contributed by atoms with Gasteiger partial charge in [-0.2, -0.15) is 0 Å². The molecule has 2 aromatic rings. The van der Waals surface area contributed by atoms with E-state index in [1.54, 1.807) is 0 Å². The normalized spacial score (nSPS) is 25.5. The van der Waals surface area contributed by atoms with Crippen LogP contribution in [0.15, 0.2) is 35.8 Å². The van der Waals surface area contributed by atoms with Crippen LogP contribution in [0.4, 0.5) is 5.82 Å². The fraction of sp³-hybridized carbons (Fsp3) is 0.471. The standard InChI is InChI=1S/C17H21N3S/c1-13-6-9-21-16(13)12-19-8-5-14-10-20(11-15(14)19)17-4-2-3-7-18-17/h2-4,6-7,9,14-15H,5,8,10-12H2,1H3. The van der Waals surface area contributed by atoms with Gasteiger partial charge in [-0.05, 0) is 54.9 Å². The lowest BCUT2D eigenvalue weighted by molar-refractivity contribution is 0.247. The average molecular weight is 299 g/mol. The molecule has 4 heteroatoms. The quantitative estimate of drug-likeness (QED) is 0.868. The van der Waals surface area contributed by atoms with Crippen molar-refractivity contribution < 1.29 is 0 Å². The van der Waals surface area contributed by atoms with Crippen molar-refractivity contribution in [3.05, 3.63) is 46.3 Å². The summed E-state index contributed by atoms with van der Waals surface area (Å²) in [5.74, 6) is 1.95. The van der Waals surface area contributed by atoms with E-state index in [9.17, 15) is 0 Å². The van der Waals surface area contributed by atoms with Gasteiger partial charge in [0, 0.05) is 36.8 Å². The smallest absolute Gasteiger partial charge is 0.128 e. The lowest BCUT2D eigenvalue weighted by Gasteiger charge is -2.25. The average Bonchev–Trinajstić information content (AvgIpc) is 3.18. The van der Waals surface area contributed by atoms with Gasteiger partial charge in [-0.1, -0.05) is 6.07 Å². The molecule has 0 saturated carbocycles. The summed E-state index contributed by atoms with van der Waals surface area (Å²) in [5, 5.41) is 2.22. The van der Waals surface area contributed by atoms with Gasteiger partial charge in [-0.25, -0.2) is 4.98 Å². The fourth-order valence-corrected chi connectivity index (χ4v) is 4.65. The molecule has 0 bridgehead atoms. The third-order valence-corrected chi connectivity index (χ3v) is 5.96. The van der Waals surface area contributed by atoms with E-state index in [4.69, 9.17) is 0 Å². The maximum absolute atomic E-state index is 4.51. The molecule has 4 heterocycles. The molecule has 3 nitrogen and oxygen atoms in total. The Morgan fingerprint density at radius 1 is 1.29 bits per heavy atom. The van der Waals surface area contributed by atoms with Crippen molar-refractivity contribution >= 4 is 17.2 Å². The van der Waals surface area contributed by atoms with Gasteiger partial charge in [-0.3, -0.25) is 4.90 Å². The second-order valence-corrected chi connectivity index (χ2v) is 7.21. The van der Waals surface area contributed by atoms with Crippen LogP contribution in [0.1, 0.15) is 16.9 Å². The molecule has 2 aliphatic heterocycles. The van der Waals surface area contributed by atoms with Crippen molar-refractivity contribution in [1.82, 2.24) is 9.88 Å². The second-order valence-electron chi connectivity index (χ2n) is 6.21. The molecule has 0 amide bonds.